The van der Waals surface area contributed by atoms with Crippen molar-refractivity contribution in [3.05, 3.63) is 0 Å². The zero-order valence-electron chi connectivity index (χ0n) is 10.3. The maximum absolute atomic E-state index is 11.4. The third kappa shape index (κ3) is 4.71. The van der Waals surface area contributed by atoms with Gasteiger partial charge in [-0.3, -0.25) is 4.79 Å². The number of alkyl halides is 1. The van der Waals surface area contributed by atoms with Gasteiger partial charge in [0.2, 0.25) is 5.91 Å². The fourth-order valence-electron chi connectivity index (χ4n) is 2.07. The number of carbonyl (C=O) groups excluding carboxylic acids is 1. The van der Waals surface area contributed by atoms with Gasteiger partial charge in [-0.25, -0.2) is 0 Å². The van der Waals surface area contributed by atoms with E-state index in [-0.39, 0.29) is 5.91 Å². The second kappa shape index (κ2) is 7.13. The van der Waals surface area contributed by atoms with E-state index in [9.17, 15) is 4.79 Å². The van der Waals surface area contributed by atoms with Crippen molar-refractivity contribution in [2.45, 2.75) is 39.2 Å². The Hall–Kier alpha value is -0.280. The number of nitrogens with one attached hydrogen (secondary N) is 1. The highest BCUT2D eigenvalue weighted by atomic mass is 35.5. The molecule has 0 aromatic carbocycles. The van der Waals surface area contributed by atoms with E-state index < -0.39 is 0 Å². The number of nitrogens with zero attached hydrogens (tertiary/aromatic N) is 1. The minimum absolute atomic E-state index is 0.142. The maximum atomic E-state index is 11.4. The molecule has 1 amide bonds. The molecule has 1 atom stereocenters. The predicted molar refractivity (Wildman–Crippen MR) is 67.8 cm³/mol. The van der Waals surface area contributed by atoms with Gasteiger partial charge in [0.25, 0.3) is 0 Å². The summed E-state index contributed by atoms with van der Waals surface area (Å²) in [7, 11) is 0. The van der Waals surface area contributed by atoms with Gasteiger partial charge in [0.1, 0.15) is 0 Å². The van der Waals surface area contributed by atoms with E-state index in [2.05, 4.69) is 24.1 Å². The van der Waals surface area contributed by atoms with Crippen molar-refractivity contribution in [2.75, 3.05) is 25.5 Å². The van der Waals surface area contributed by atoms with Gasteiger partial charge in [0, 0.05) is 31.4 Å². The summed E-state index contributed by atoms with van der Waals surface area (Å²) in [5, 5.41) is 2.99. The number of rotatable bonds is 6. The fraction of sp³-hybridized carbons (Fsp3) is 0.917. The number of hydrogen-bond donors (Lipinski definition) is 1. The van der Waals surface area contributed by atoms with Crippen molar-refractivity contribution in [1.29, 1.82) is 0 Å². The Labute approximate surface area is 104 Å². The van der Waals surface area contributed by atoms with Crippen LogP contribution in [-0.2, 0) is 4.79 Å². The summed E-state index contributed by atoms with van der Waals surface area (Å²) in [5.74, 6) is 1.34. The highest BCUT2D eigenvalue weighted by Crippen LogP contribution is 2.17. The van der Waals surface area contributed by atoms with Crippen LogP contribution < -0.4 is 5.32 Å². The number of halogens is 1. The minimum atomic E-state index is 0.142. The molecule has 0 radical (unpaired) electrons. The van der Waals surface area contributed by atoms with E-state index in [1.54, 1.807) is 0 Å². The standard InChI is InChI=1S/C12H23ClN2O/c1-10(2)15-7-5-11(9-15)8-14-12(16)4-3-6-13/h10-11H,3-9H2,1-2H3,(H,14,16). The van der Waals surface area contributed by atoms with Crippen molar-refractivity contribution in [3.63, 3.8) is 0 Å². The molecule has 0 aromatic rings. The molecule has 16 heavy (non-hydrogen) atoms. The van der Waals surface area contributed by atoms with Crippen molar-refractivity contribution >= 4 is 17.5 Å². The predicted octanol–water partition coefficient (Wildman–Crippen LogP) is 1.85. The first-order valence-corrected chi connectivity index (χ1v) is 6.73. The summed E-state index contributed by atoms with van der Waals surface area (Å²) in [6.07, 6.45) is 2.54. The average Bonchev–Trinajstić information content (AvgIpc) is 2.72. The maximum Gasteiger partial charge on any atom is 0.220 e. The molecule has 3 nitrogen and oxygen atoms in total. The molecule has 0 aliphatic carbocycles. The van der Waals surface area contributed by atoms with Crippen LogP contribution in [-0.4, -0.2) is 42.4 Å². The van der Waals surface area contributed by atoms with Crippen LogP contribution in [0.1, 0.15) is 33.1 Å². The smallest absolute Gasteiger partial charge is 0.220 e. The van der Waals surface area contributed by atoms with Crippen LogP contribution in [0, 0.1) is 5.92 Å². The molecule has 4 heteroatoms. The third-order valence-electron chi connectivity index (χ3n) is 3.17. The van der Waals surface area contributed by atoms with E-state index in [0.717, 1.165) is 19.5 Å². The summed E-state index contributed by atoms with van der Waals surface area (Å²) < 4.78 is 0. The van der Waals surface area contributed by atoms with E-state index in [1.807, 2.05) is 0 Å². The molecule has 1 saturated heterocycles. The first-order valence-electron chi connectivity index (χ1n) is 6.20. The summed E-state index contributed by atoms with van der Waals surface area (Å²) in [6, 6.07) is 0.622. The molecule has 0 saturated carbocycles. The molecular formula is C12H23ClN2O. The Morgan fingerprint density at radius 3 is 2.88 bits per heavy atom. The molecule has 1 aliphatic heterocycles. The number of likely N-dealkylation sites (tertiary alicyclic amines) is 1. The lowest BCUT2D eigenvalue weighted by Gasteiger charge is -2.20. The summed E-state index contributed by atoms with van der Waals surface area (Å²) >= 11 is 5.54. The Morgan fingerprint density at radius 2 is 2.31 bits per heavy atom. The van der Waals surface area contributed by atoms with Gasteiger partial charge in [-0.15, -0.1) is 11.6 Å². The Bertz CT molecular complexity index is 221. The zero-order chi connectivity index (χ0) is 12.0. The van der Waals surface area contributed by atoms with Crippen molar-refractivity contribution in [2.24, 2.45) is 5.92 Å². The molecule has 1 heterocycles. The van der Waals surface area contributed by atoms with Gasteiger partial charge in [-0.1, -0.05) is 0 Å². The van der Waals surface area contributed by atoms with Gasteiger partial charge in [-0.05, 0) is 39.2 Å². The van der Waals surface area contributed by atoms with Crippen LogP contribution in [0.15, 0.2) is 0 Å². The highest BCUT2D eigenvalue weighted by molar-refractivity contribution is 6.17. The van der Waals surface area contributed by atoms with Gasteiger partial charge in [0.05, 0.1) is 0 Å². The van der Waals surface area contributed by atoms with Crippen molar-refractivity contribution in [1.82, 2.24) is 10.2 Å². The Morgan fingerprint density at radius 1 is 1.56 bits per heavy atom. The van der Waals surface area contributed by atoms with Gasteiger partial charge in [0.15, 0.2) is 0 Å². The second-order valence-corrected chi connectivity index (χ2v) is 5.22. The largest absolute Gasteiger partial charge is 0.356 e. The molecular weight excluding hydrogens is 224 g/mol. The number of carbonyl (C=O) groups is 1. The van der Waals surface area contributed by atoms with Gasteiger partial charge < -0.3 is 10.2 Å². The van der Waals surface area contributed by atoms with Crippen LogP contribution in [0.4, 0.5) is 0 Å². The van der Waals surface area contributed by atoms with Crippen LogP contribution in [0.3, 0.4) is 0 Å². The quantitative estimate of drug-likeness (QED) is 0.726. The van der Waals surface area contributed by atoms with Crippen LogP contribution >= 0.6 is 11.6 Å². The lowest BCUT2D eigenvalue weighted by atomic mass is 10.1. The Kier molecular flexibility index (Phi) is 6.14. The van der Waals surface area contributed by atoms with E-state index in [0.29, 0.717) is 24.3 Å². The Balaban J connectivity index is 2.12. The van der Waals surface area contributed by atoms with Crippen LogP contribution in [0.2, 0.25) is 0 Å². The summed E-state index contributed by atoms with van der Waals surface area (Å²) in [5.41, 5.74) is 0. The average molecular weight is 247 g/mol. The molecule has 0 aromatic heterocycles. The van der Waals surface area contributed by atoms with Crippen LogP contribution in [0.5, 0.6) is 0 Å². The topological polar surface area (TPSA) is 32.3 Å². The molecule has 1 fully saturated rings. The molecule has 1 N–H and O–H groups in total. The molecule has 1 unspecified atom stereocenters. The molecule has 0 spiro atoms. The normalized spacial score (nSPS) is 21.6. The molecule has 94 valence electrons. The van der Waals surface area contributed by atoms with Crippen LogP contribution in [0.25, 0.3) is 0 Å². The third-order valence-corrected chi connectivity index (χ3v) is 3.44. The zero-order valence-corrected chi connectivity index (χ0v) is 11.1. The van der Waals surface area contributed by atoms with Crippen molar-refractivity contribution < 1.29 is 4.79 Å². The highest BCUT2D eigenvalue weighted by Gasteiger charge is 2.24. The molecule has 1 rings (SSSR count). The first kappa shape index (κ1) is 13.8. The van der Waals surface area contributed by atoms with E-state index in [4.69, 9.17) is 11.6 Å². The second-order valence-electron chi connectivity index (χ2n) is 4.84. The summed E-state index contributed by atoms with van der Waals surface area (Å²) in [4.78, 5) is 13.9. The molecule has 0 bridgehead atoms. The van der Waals surface area contributed by atoms with E-state index >= 15 is 0 Å². The monoisotopic (exact) mass is 246 g/mol. The first-order chi connectivity index (χ1) is 7.63. The molecule has 1 aliphatic rings. The SMILES string of the molecule is CC(C)N1CCC(CNC(=O)CCCCl)C1. The van der Waals surface area contributed by atoms with Crippen molar-refractivity contribution in [3.8, 4) is 0 Å². The lowest BCUT2D eigenvalue weighted by Crippen LogP contribution is -2.32. The van der Waals surface area contributed by atoms with E-state index in [1.165, 1.54) is 13.0 Å². The summed E-state index contributed by atoms with van der Waals surface area (Å²) in [6.45, 7) is 7.56. The number of amides is 1. The number of hydrogen-bond acceptors (Lipinski definition) is 2. The van der Waals surface area contributed by atoms with Gasteiger partial charge in [-0.2, -0.15) is 0 Å². The fourth-order valence-corrected chi connectivity index (χ4v) is 2.21. The van der Waals surface area contributed by atoms with Gasteiger partial charge >= 0.3 is 0 Å². The minimum Gasteiger partial charge on any atom is -0.356 e. The lowest BCUT2D eigenvalue weighted by molar-refractivity contribution is -0.121.